The molecule has 0 bridgehead atoms. The van der Waals surface area contributed by atoms with Gasteiger partial charge in [-0.3, -0.25) is 9.69 Å². The van der Waals surface area contributed by atoms with Crippen LogP contribution in [0, 0.1) is 0 Å². The van der Waals surface area contributed by atoms with Gasteiger partial charge in [-0.2, -0.15) is 0 Å². The van der Waals surface area contributed by atoms with Crippen LogP contribution in [0.1, 0.15) is 58.5 Å². The number of carboxylic acids is 1. The number of hydrogen-bond acceptors (Lipinski definition) is 4. The predicted octanol–water partition coefficient (Wildman–Crippen LogP) is 4.14. The van der Waals surface area contributed by atoms with Gasteiger partial charge in [-0.15, -0.1) is 0 Å². The smallest absolute Gasteiger partial charge is 0.332 e. The zero-order valence-corrected chi connectivity index (χ0v) is 19.9. The first-order chi connectivity index (χ1) is 17.3. The zero-order chi connectivity index (χ0) is 25.1. The molecule has 0 radical (unpaired) electrons. The van der Waals surface area contributed by atoms with Crippen molar-refractivity contribution in [2.45, 2.75) is 38.3 Å². The molecule has 3 aromatic carbocycles. The van der Waals surface area contributed by atoms with E-state index in [1.807, 2.05) is 36.4 Å². The minimum atomic E-state index is -1.31. The molecule has 36 heavy (non-hydrogen) atoms. The molecule has 1 fully saturated rings. The summed E-state index contributed by atoms with van der Waals surface area (Å²) in [5.74, 6) is -1.26. The third kappa shape index (κ3) is 3.23. The maximum Gasteiger partial charge on any atom is 0.332 e. The number of carbonyl (C=O) groups excluding carboxylic acids is 3. The quantitative estimate of drug-likeness (QED) is 0.446. The van der Waals surface area contributed by atoms with Gasteiger partial charge in [0.25, 0.3) is 5.91 Å². The van der Waals surface area contributed by atoms with E-state index in [9.17, 15) is 19.5 Å². The molecule has 4 aromatic rings. The van der Waals surface area contributed by atoms with E-state index in [0.717, 1.165) is 32.6 Å². The molecule has 3 amide bonds. The number of hydrogen-bond donors (Lipinski definition) is 1. The van der Waals surface area contributed by atoms with Gasteiger partial charge in [-0.25, -0.2) is 9.69 Å². The van der Waals surface area contributed by atoms with Crippen LogP contribution in [0.2, 0.25) is 0 Å². The zero-order valence-electron chi connectivity index (χ0n) is 19.9. The van der Waals surface area contributed by atoms with Crippen LogP contribution >= 0.6 is 0 Å². The van der Waals surface area contributed by atoms with E-state index in [1.54, 1.807) is 4.90 Å². The van der Waals surface area contributed by atoms with E-state index in [2.05, 4.69) is 31.0 Å². The van der Waals surface area contributed by atoms with Crippen molar-refractivity contribution in [2.75, 3.05) is 4.90 Å². The van der Waals surface area contributed by atoms with Crippen LogP contribution in [-0.4, -0.2) is 33.8 Å². The number of nitrogens with one attached hydrogen (secondary N) is 1. The Morgan fingerprint density at radius 2 is 1.67 bits per heavy atom. The molecule has 0 spiro atoms. The second kappa shape index (κ2) is 8.09. The van der Waals surface area contributed by atoms with Crippen LogP contribution in [0.25, 0.3) is 10.9 Å². The number of urea groups is 1. The van der Waals surface area contributed by atoms with Gasteiger partial charge in [0.2, 0.25) is 0 Å². The molecule has 1 N–H and O–H groups in total. The van der Waals surface area contributed by atoms with Crippen LogP contribution in [0.3, 0.4) is 0 Å². The van der Waals surface area contributed by atoms with Crippen molar-refractivity contribution in [3.63, 3.8) is 0 Å². The summed E-state index contributed by atoms with van der Waals surface area (Å²) in [6.07, 6.45) is 0.401. The molecule has 3 heterocycles. The second-order valence-electron chi connectivity index (χ2n) is 9.70. The predicted molar refractivity (Wildman–Crippen MR) is 134 cm³/mol. The monoisotopic (exact) mass is 478 g/mol. The fraction of sp³-hybridized carbons (Fsp3) is 0.207. The Morgan fingerprint density at radius 3 is 2.33 bits per heavy atom. The lowest BCUT2D eigenvalue weighted by Crippen LogP contribution is -2.44. The molecule has 1 saturated heterocycles. The van der Waals surface area contributed by atoms with Crippen molar-refractivity contribution in [2.24, 2.45) is 0 Å². The number of aromatic carboxylic acids is 1. The summed E-state index contributed by atoms with van der Waals surface area (Å²) in [6, 6.07) is 20.3. The molecule has 0 saturated carbocycles. The van der Waals surface area contributed by atoms with Gasteiger partial charge >= 0.3 is 6.03 Å². The van der Waals surface area contributed by atoms with E-state index in [-0.39, 0.29) is 11.5 Å². The van der Waals surface area contributed by atoms with Crippen LogP contribution in [-0.2, 0) is 11.2 Å². The average Bonchev–Trinajstić information content (AvgIpc) is 3.37. The first-order valence-corrected chi connectivity index (χ1v) is 12.0. The first kappa shape index (κ1) is 22.1. The lowest BCUT2D eigenvalue weighted by Gasteiger charge is -2.36. The Morgan fingerprint density at radius 1 is 0.972 bits per heavy atom. The Balaban J connectivity index is 1.49. The molecule has 0 unspecified atom stereocenters. The number of carbonyl (C=O) groups is 3. The minimum Gasteiger partial charge on any atom is -0.545 e. The Hall–Kier alpha value is -4.39. The Bertz CT molecular complexity index is 1520. The molecule has 2 atom stereocenters. The highest BCUT2D eigenvalue weighted by atomic mass is 16.4. The van der Waals surface area contributed by atoms with Crippen molar-refractivity contribution in [3.8, 4) is 0 Å². The number of amides is 3. The van der Waals surface area contributed by atoms with Gasteiger partial charge in [0.1, 0.15) is 12.1 Å². The number of imide groups is 1. The number of carboxylic acid groups (broad SMARTS) is 1. The normalized spacial score (nSPS) is 19.2. The second-order valence-corrected chi connectivity index (χ2v) is 9.70. The van der Waals surface area contributed by atoms with Gasteiger partial charge in [0.15, 0.2) is 0 Å². The van der Waals surface area contributed by atoms with E-state index in [0.29, 0.717) is 18.0 Å². The van der Waals surface area contributed by atoms with Crippen LogP contribution < -0.4 is 10.0 Å². The number of rotatable bonds is 4. The third-order valence-electron chi connectivity index (χ3n) is 7.33. The number of aromatic amines is 1. The molecule has 7 heteroatoms. The molecule has 7 nitrogen and oxygen atoms in total. The number of fused-ring (bicyclic) bond motifs is 4. The molecular formula is C29H24N3O4-. The summed E-state index contributed by atoms with van der Waals surface area (Å²) in [5, 5.41) is 12.2. The summed E-state index contributed by atoms with van der Waals surface area (Å²) in [4.78, 5) is 45.0. The highest BCUT2D eigenvalue weighted by molar-refractivity contribution is 6.22. The van der Waals surface area contributed by atoms with E-state index >= 15 is 0 Å². The van der Waals surface area contributed by atoms with Crippen molar-refractivity contribution in [1.29, 1.82) is 0 Å². The number of para-hydroxylation sites is 1. The van der Waals surface area contributed by atoms with Crippen LogP contribution in [0.5, 0.6) is 0 Å². The molecular weight excluding hydrogens is 454 g/mol. The molecule has 2 aliphatic heterocycles. The van der Waals surface area contributed by atoms with E-state index in [4.69, 9.17) is 0 Å². The average molecular weight is 479 g/mol. The number of aromatic nitrogens is 1. The van der Waals surface area contributed by atoms with Crippen molar-refractivity contribution >= 4 is 34.5 Å². The van der Waals surface area contributed by atoms with Gasteiger partial charge < -0.3 is 14.9 Å². The first-order valence-electron chi connectivity index (χ1n) is 12.0. The standard InChI is InChI=1S/C29H25N3O4/c1-16(2)17-7-9-18(10-8-17)26-25-22(21-5-3-4-6-23(21)30-25)15-24-27(33)31(29(36)32(24)26)20-13-11-19(12-14-20)28(34)35/h3-14,16,24,26,30H,15H2,1-2H3,(H,34,35)/p-1/t24-,26-/m0/s1. The maximum atomic E-state index is 13.8. The van der Waals surface area contributed by atoms with E-state index in [1.165, 1.54) is 29.8 Å². The van der Waals surface area contributed by atoms with Gasteiger partial charge in [-0.1, -0.05) is 68.4 Å². The van der Waals surface area contributed by atoms with Crippen molar-refractivity contribution in [1.82, 2.24) is 9.88 Å². The SMILES string of the molecule is CC(C)c1ccc([C@H]2c3[nH]c4ccccc4c3C[C@H]3C(=O)N(c4ccc(C(=O)[O-])cc4)C(=O)N23)cc1. The lowest BCUT2D eigenvalue weighted by atomic mass is 9.88. The van der Waals surface area contributed by atoms with Crippen LogP contribution in [0.4, 0.5) is 10.5 Å². The fourth-order valence-electron chi connectivity index (χ4n) is 5.47. The third-order valence-corrected chi connectivity index (χ3v) is 7.33. The summed E-state index contributed by atoms with van der Waals surface area (Å²) >= 11 is 0. The number of H-pyrrole nitrogens is 1. The highest BCUT2D eigenvalue weighted by Gasteiger charge is 2.53. The lowest BCUT2D eigenvalue weighted by molar-refractivity contribution is -0.255. The number of benzene rings is 3. The number of anilines is 1. The Labute approximate surface area is 208 Å². The molecule has 1 aromatic heterocycles. The molecule has 180 valence electrons. The molecule has 2 aliphatic rings. The highest BCUT2D eigenvalue weighted by Crippen LogP contribution is 2.45. The van der Waals surface area contributed by atoms with Gasteiger partial charge in [0, 0.05) is 23.0 Å². The largest absolute Gasteiger partial charge is 0.545 e. The summed E-state index contributed by atoms with van der Waals surface area (Å²) < 4.78 is 0. The number of nitrogens with zero attached hydrogens (tertiary/aromatic N) is 2. The minimum absolute atomic E-state index is 0.0138. The molecule has 6 rings (SSSR count). The fourth-order valence-corrected chi connectivity index (χ4v) is 5.47. The Kier molecular flexibility index (Phi) is 4.96. The topological polar surface area (TPSA) is 96.5 Å². The van der Waals surface area contributed by atoms with Gasteiger partial charge in [0.05, 0.1) is 11.7 Å². The van der Waals surface area contributed by atoms with Crippen molar-refractivity contribution in [3.05, 3.63) is 101 Å². The summed E-state index contributed by atoms with van der Waals surface area (Å²) in [5.41, 5.74) is 5.38. The van der Waals surface area contributed by atoms with Gasteiger partial charge in [-0.05, 0) is 46.4 Å². The van der Waals surface area contributed by atoms with Crippen molar-refractivity contribution < 1.29 is 19.5 Å². The molecule has 0 aliphatic carbocycles. The summed E-state index contributed by atoms with van der Waals surface area (Å²) in [7, 11) is 0. The van der Waals surface area contributed by atoms with E-state index < -0.39 is 24.1 Å². The van der Waals surface area contributed by atoms with Crippen LogP contribution in [0.15, 0.2) is 72.8 Å². The summed E-state index contributed by atoms with van der Waals surface area (Å²) in [6.45, 7) is 4.27. The maximum absolute atomic E-state index is 13.8.